The quantitative estimate of drug-likeness (QED) is 0.747. The molecule has 1 saturated heterocycles. The summed E-state index contributed by atoms with van der Waals surface area (Å²) in [7, 11) is 0. The van der Waals surface area contributed by atoms with Gasteiger partial charge in [0, 0.05) is 24.5 Å². The minimum absolute atomic E-state index is 0.0535. The molecule has 1 unspecified atom stereocenters. The van der Waals surface area contributed by atoms with Crippen molar-refractivity contribution >= 4 is 51.7 Å². The number of amides is 2. The van der Waals surface area contributed by atoms with E-state index in [0.717, 1.165) is 12.0 Å². The zero-order chi connectivity index (χ0) is 16.8. The SMILES string of the molecule is CCC1SC(=S)N(CCCC(=O)NCc2ccccc2Cl)C1=O. The molecule has 1 aliphatic heterocycles. The molecule has 4 nitrogen and oxygen atoms in total. The third kappa shape index (κ3) is 4.93. The van der Waals surface area contributed by atoms with Crippen LogP contribution in [-0.4, -0.2) is 32.8 Å². The highest BCUT2D eigenvalue weighted by atomic mass is 35.5. The van der Waals surface area contributed by atoms with Crippen LogP contribution < -0.4 is 5.32 Å². The molecule has 124 valence electrons. The molecule has 0 saturated carbocycles. The molecule has 1 aliphatic rings. The van der Waals surface area contributed by atoms with Gasteiger partial charge >= 0.3 is 0 Å². The number of nitrogens with zero attached hydrogens (tertiary/aromatic N) is 1. The lowest BCUT2D eigenvalue weighted by molar-refractivity contribution is -0.127. The van der Waals surface area contributed by atoms with Crippen LogP contribution >= 0.6 is 35.6 Å². The van der Waals surface area contributed by atoms with Gasteiger partial charge in [-0.3, -0.25) is 14.5 Å². The van der Waals surface area contributed by atoms with E-state index in [1.54, 1.807) is 11.0 Å². The largest absolute Gasteiger partial charge is 0.352 e. The van der Waals surface area contributed by atoms with Gasteiger partial charge in [-0.25, -0.2) is 0 Å². The zero-order valence-corrected chi connectivity index (χ0v) is 15.3. The van der Waals surface area contributed by atoms with Crippen LogP contribution in [0.25, 0.3) is 0 Å². The van der Waals surface area contributed by atoms with Crippen molar-refractivity contribution in [3.8, 4) is 0 Å². The first-order valence-corrected chi connectivity index (χ1v) is 9.21. The maximum atomic E-state index is 12.1. The van der Waals surface area contributed by atoms with E-state index < -0.39 is 0 Å². The van der Waals surface area contributed by atoms with Gasteiger partial charge in [-0.2, -0.15) is 0 Å². The van der Waals surface area contributed by atoms with E-state index >= 15 is 0 Å². The standard InChI is InChI=1S/C16H19ClN2O2S2/c1-2-13-15(21)19(16(22)23-13)9-5-8-14(20)18-10-11-6-3-4-7-12(11)17/h3-4,6-7,13H,2,5,8-10H2,1H3,(H,18,20). The topological polar surface area (TPSA) is 49.4 Å². The average Bonchev–Trinajstić information content (AvgIpc) is 2.81. The first kappa shape index (κ1) is 18.2. The highest BCUT2D eigenvalue weighted by molar-refractivity contribution is 8.24. The Morgan fingerprint density at radius 1 is 1.43 bits per heavy atom. The number of hydrogen-bond donors (Lipinski definition) is 1. The summed E-state index contributed by atoms with van der Waals surface area (Å²) in [5, 5.41) is 3.43. The second kappa shape index (κ2) is 8.66. The molecule has 1 aromatic carbocycles. The molecule has 0 bridgehead atoms. The summed E-state index contributed by atoms with van der Waals surface area (Å²) < 4.78 is 0.623. The van der Waals surface area contributed by atoms with Gasteiger partial charge in [-0.05, 0) is 24.5 Å². The van der Waals surface area contributed by atoms with Crippen molar-refractivity contribution in [1.29, 1.82) is 0 Å². The van der Waals surface area contributed by atoms with Crippen molar-refractivity contribution < 1.29 is 9.59 Å². The van der Waals surface area contributed by atoms with Crippen LogP contribution in [0.4, 0.5) is 0 Å². The zero-order valence-electron chi connectivity index (χ0n) is 12.9. The average molecular weight is 371 g/mol. The fourth-order valence-corrected chi connectivity index (χ4v) is 3.96. The van der Waals surface area contributed by atoms with Crippen LogP contribution in [0, 0.1) is 0 Å². The van der Waals surface area contributed by atoms with Gasteiger partial charge in [-0.1, -0.05) is 60.7 Å². The monoisotopic (exact) mass is 370 g/mol. The summed E-state index contributed by atoms with van der Waals surface area (Å²) in [5.41, 5.74) is 0.889. The van der Waals surface area contributed by atoms with Gasteiger partial charge in [0.25, 0.3) is 0 Å². The Morgan fingerprint density at radius 2 is 2.17 bits per heavy atom. The van der Waals surface area contributed by atoms with Gasteiger partial charge in [0.05, 0.1) is 5.25 Å². The molecule has 0 radical (unpaired) electrons. The van der Waals surface area contributed by atoms with Gasteiger partial charge < -0.3 is 5.32 Å². The molecular formula is C16H19ClN2O2S2. The summed E-state index contributed by atoms with van der Waals surface area (Å²) in [6.07, 6.45) is 1.73. The summed E-state index contributed by atoms with van der Waals surface area (Å²) in [4.78, 5) is 25.6. The number of thioether (sulfide) groups is 1. The Balaban J connectivity index is 1.72. The van der Waals surface area contributed by atoms with Crippen molar-refractivity contribution in [3.63, 3.8) is 0 Å². The van der Waals surface area contributed by atoms with E-state index in [1.807, 2.05) is 25.1 Å². The fraction of sp³-hybridized carbons (Fsp3) is 0.438. The number of carbonyl (C=O) groups is 2. The van der Waals surface area contributed by atoms with E-state index in [-0.39, 0.29) is 17.1 Å². The second-order valence-electron chi connectivity index (χ2n) is 5.24. The van der Waals surface area contributed by atoms with Crippen LogP contribution in [0.15, 0.2) is 24.3 Å². The smallest absolute Gasteiger partial charge is 0.241 e. The van der Waals surface area contributed by atoms with Crippen molar-refractivity contribution in [3.05, 3.63) is 34.9 Å². The number of hydrogen-bond acceptors (Lipinski definition) is 4. The summed E-state index contributed by atoms with van der Waals surface area (Å²) in [5.74, 6) is 0.0150. The number of carbonyl (C=O) groups excluding carboxylic acids is 2. The first-order valence-electron chi connectivity index (χ1n) is 7.55. The second-order valence-corrected chi connectivity index (χ2v) is 7.49. The Labute approximate surface area is 150 Å². The number of rotatable bonds is 7. The minimum Gasteiger partial charge on any atom is -0.352 e. The fourth-order valence-electron chi connectivity index (χ4n) is 2.28. The predicted octanol–water partition coefficient (Wildman–Crippen LogP) is 3.38. The predicted molar refractivity (Wildman–Crippen MR) is 98.5 cm³/mol. The number of halogens is 1. The normalized spacial score (nSPS) is 17.7. The molecular weight excluding hydrogens is 352 g/mol. The lowest BCUT2D eigenvalue weighted by atomic mass is 10.2. The maximum Gasteiger partial charge on any atom is 0.241 e. The van der Waals surface area contributed by atoms with Crippen molar-refractivity contribution in [2.24, 2.45) is 0 Å². The number of nitrogens with one attached hydrogen (secondary N) is 1. The van der Waals surface area contributed by atoms with Crippen LogP contribution in [0.3, 0.4) is 0 Å². The third-order valence-electron chi connectivity index (χ3n) is 3.60. The maximum absolute atomic E-state index is 12.1. The lowest BCUT2D eigenvalue weighted by Crippen LogP contribution is -2.33. The molecule has 0 aliphatic carbocycles. The first-order chi connectivity index (χ1) is 11.0. The highest BCUT2D eigenvalue weighted by Gasteiger charge is 2.35. The molecule has 2 rings (SSSR count). The molecule has 1 heterocycles. The summed E-state index contributed by atoms with van der Waals surface area (Å²) >= 11 is 12.7. The summed E-state index contributed by atoms with van der Waals surface area (Å²) in [6.45, 7) is 2.89. The molecule has 7 heteroatoms. The minimum atomic E-state index is -0.0588. The van der Waals surface area contributed by atoms with Crippen LogP contribution in [0.1, 0.15) is 31.7 Å². The van der Waals surface area contributed by atoms with E-state index in [0.29, 0.717) is 35.3 Å². The molecule has 1 N–H and O–H groups in total. The Kier molecular flexibility index (Phi) is 6.87. The van der Waals surface area contributed by atoms with Crippen molar-refractivity contribution in [2.45, 2.75) is 38.0 Å². The van der Waals surface area contributed by atoms with Crippen molar-refractivity contribution in [1.82, 2.24) is 10.2 Å². The molecule has 2 amide bonds. The molecule has 23 heavy (non-hydrogen) atoms. The van der Waals surface area contributed by atoms with Gasteiger partial charge in [0.15, 0.2) is 0 Å². The van der Waals surface area contributed by atoms with Crippen LogP contribution in [-0.2, 0) is 16.1 Å². The molecule has 1 atom stereocenters. The highest BCUT2D eigenvalue weighted by Crippen LogP contribution is 2.29. The van der Waals surface area contributed by atoms with E-state index in [1.165, 1.54) is 11.8 Å². The van der Waals surface area contributed by atoms with E-state index in [4.69, 9.17) is 23.8 Å². The summed E-state index contributed by atoms with van der Waals surface area (Å²) in [6, 6.07) is 7.41. The van der Waals surface area contributed by atoms with E-state index in [2.05, 4.69) is 5.32 Å². The van der Waals surface area contributed by atoms with Gasteiger partial charge in [0.1, 0.15) is 4.32 Å². The Bertz CT molecular complexity index is 609. The molecule has 1 aromatic rings. The van der Waals surface area contributed by atoms with Crippen LogP contribution in [0.2, 0.25) is 5.02 Å². The molecule has 0 spiro atoms. The van der Waals surface area contributed by atoms with Gasteiger partial charge in [0.2, 0.25) is 11.8 Å². The molecule has 1 fully saturated rings. The Morgan fingerprint density at radius 3 is 2.83 bits per heavy atom. The number of thiocarbonyl (C=S) groups is 1. The van der Waals surface area contributed by atoms with Gasteiger partial charge in [-0.15, -0.1) is 0 Å². The number of benzene rings is 1. The lowest BCUT2D eigenvalue weighted by Gasteiger charge is -2.15. The molecule has 0 aromatic heterocycles. The Hall–Kier alpha value is -1.11. The van der Waals surface area contributed by atoms with E-state index in [9.17, 15) is 9.59 Å². The third-order valence-corrected chi connectivity index (χ3v) is 5.71. The van der Waals surface area contributed by atoms with Crippen LogP contribution in [0.5, 0.6) is 0 Å². The van der Waals surface area contributed by atoms with Crippen molar-refractivity contribution in [2.75, 3.05) is 6.54 Å².